The first-order chi connectivity index (χ1) is 6.36. The van der Waals surface area contributed by atoms with Crippen molar-refractivity contribution in [2.45, 2.75) is 0 Å². The molecule has 13 heavy (non-hydrogen) atoms. The number of carbonyl (C=O) groups excluding carboxylic acids is 1. The van der Waals surface area contributed by atoms with Gasteiger partial charge in [-0.05, 0) is 0 Å². The number of amidine groups is 2. The number of nitrogens with zero attached hydrogens (tertiary/aromatic N) is 2. The van der Waals surface area contributed by atoms with Crippen molar-refractivity contribution in [1.29, 1.82) is 0 Å². The fraction of sp³-hybridized carbons (Fsp3) is 0.571. The summed E-state index contributed by atoms with van der Waals surface area (Å²) in [6.45, 7) is 2.23. The second kappa shape index (κ2) is 3.78. The van der Waals surface area contributed by atoms with Gasteiger partial charge in [0, 0.05) is 12.3 Å². The van der Waals surface area contributed by atoms with Crippen LogP contribution in [-0.2, 0) is 4.79 Å². The summed E-state index contributed by atoms with van der Waals surface area (Å²) < 4.78 is 0. The molecule has 5 nitrogen and oxygen atoms in total. The van der Waals surface area contributed by atoms with Gasteiger partial charge < -0.3 is 5.32 Å². The quantitative estimate of drug-likeness (QED) is 0.580. The average molecular weight is 198 g/mol. The zero-order valence-corrected chi connectivity index (χ0v) is 7.86. The van der Waals surface area contributed by atoms with Gasteiger partial charge in [0.2, 0.25) is 0 Å². The van der Waals surface area contributed by atoms with Gasteiger partial charge in [-0.1, -0.05) is 11.8 Å². The maximum atomic E-state index is 11.4. The van der Waals surface area contributed by atoms with E-state index in [4.69, 9.17) is 0 Å². The van der Waals surface area contributed by atoms with Crippen LogP contribution in [0.25, 0.3) is 0 Å². The molecule has 0 saturated carbocycles. The molecule has 2 N–H and O–H groups in total. The maximum absolute atomic E-state index is 11.4. The highest BCUT2D eigenvalue weighted by Gasteiger charge is 2.17. The number of nitrogens with one attached hydrogen (secondary N) is 2. The number of aliphatic imine (C=N–C) groups is 2. The lowest BCUT2D eigenvalue weighted by Crippen LogP contribution is -2.39. The lowest BCUT2D eigenvalue weighted by atomic mass is 10.5. The van der Waals surface area contributed by atoms with Gasteiger partial charge in [0.25, 0.3) is 5.91 Å². The number of carbonyl (C=O) groups is 1. The Labute approximate surface area is 80.1 Å². The van der Waals surface area contributed by atoms with Gasteiger partial charge in [-0.3, -0.25) is 20.1 Å². The van der Waals surface area contributed by atoms with E-state index in [1.165, 1.54) is 0 Å². The van der Waals surface area contributed by atoms with Crippen molar-refractivity contribution in [3.8, 4) is 0 Å². The second-order valence-corrected chi connectivity index (χ2v) is 3.73. The molecule has 0 radical (unpaired) electrons. The van der Waals surface area contributed by atoms with Crippen LogP contribution in [0.2, 0.25) is 0 Å². The number of amides is 1. The SMILES string of the molecule is O=C(NC1=NCCS1)C1=NCCN1. The zero-order chi connectivity index (χ0) is 9.10. The third-order valence-electron chi connectivity index (χ3n) is 1.70. The van der Waals surface area contributed by atoms with E-state index < -0.39 is 0 Å². The highest BCUT2D eigenvalue weighted by molar-refractivity contribution is 8.14. The van der Waals surface area contributed by atoms with Crippen molar-refractivity contribution in [3.63, 3.8) is 0 Å². The third kappa shape index (κ3) is 2.00. The first kappa shape index (κ1) is 8.55. The number of thioether (sulfide) groups is 1. The molecule has 2 aliphatic rings. The Morgan fingerprint density at radius 2 is 2.38 bits per heavy atom. The van der Waals surface area contributed by atoms with E-state index in [-0.39, 0.29) is 5.91 Å². The molecule has 0 aromatic rings. The fourth-order valence-electron chi connectivity index (χ4n) is 1.12. The highest BCUT2D eigenvalue weighted by Crippen LogP contribution is 2.08. The summed E-state index contributed by atoms with van der Waals surface area (Å²) in [6.07, 6.45) is 0. The van der Waals surface area contributed by atoms with E-state index in [0.717, 1.165) is 18.8 Å². The third-order valence-corrected chi connectivity index (χ3v) is 2.59. The molecule has 0 aromatic carbocycles. The van der Waals surface area contributed by atoms with Gasteiger partial charge in [-0.15, -0.1) is 0 Å². The molecule has 70 valence electrons. The van der Waals surface area contributed by atoms with Crippen molar-refractivity contribution in [2.24, 2.45) is 9.98 Å². The Kier molecular flexibility index (Phi) is 2.49. The Bertz CT molecular complexity index is 286. The minimum Gasteiger partial charge on any atom is -0.364 e. The van der Waals surface area contributed by atoms with Gasteiger partial charge in [0.05, 0.1) is 13.1 Å². The smallest absolute Gasteiger partial charge is 0.292 e. The van der Waals surface area contributed by atoms with Gasteiger partial charge in [0.15, 0.2) is 11.0 Å². The summed E-state index contributed by atoms with van der Waals surface area (Å²) in [5.74, 6) is 1.20. The van der Waals surface area contributed by atoms with Crippen LogP contribution in [0, 0.1) is 0 Å². The van der Waals surface area contributed by atoms with E-state index in [9.17, 15) is 4.79 Å². The molecule has 0 bridgehead atoms. The largest absolute Gasteiger partial charge is 0.364 e. The molecular formula is C7H10N4OS. The van der Waals surface area contributed by atoms with E-state index in [0.29, 0.717) is 17.5 Å². The summed E-state index contributed by atoms with van der Waals surface area (Å²) in [5, 5.41) is 6.32. The Morgan fingerprint density at radius 3 is 3.00 bits per heavy atom. The molecular weight excluding hydrogens is 188 g/mol. The molecule has 0 atom stereocenters. The molecule has 0 aromatic heterocycles. The molecule has 6 heteroatoms. The number of hydrogen-bond acceptors (Lipinski definition) is 5. The predicted octanol–water partition coefficient (Wildman–Crippen LogP) is -0.793. The highest BCUT2D eigenvalue weighted by atomic mass is 32.2. The van der Waals surface area contributed by atoms with Gasteiger partial charge >= 0.3 is 0 Å². The second-order valence-electron chi connectivity index (χ2n) is 2.65. The van der Waals surface area contributed by atoms with Crippen LogP contribution in [0.3, 0.4) is 0 Å². The van der Waals surface area contributed by atoms with Gasteiger partial charge in [-0.2, -0.15) is 0 Å². The average Bonchev–Trinajstić information content (AvgIpc) is 2.74. The number of hydrogen-bond donors (Lipinski definition) is 2. The molecule has 0 unspecified atom stereocenters. The van der Waals surface area contributed by atoms with Crippen LogP contribution in [-0.4, -0.2) is 42.3 Å². The summed E-state index contributed by atoms with van der Waals surface area (Å²) in [4.78, 5) is 19.5. The minimum absolute atomic E-state index is 0.175. The summed E-state index contributed by atoms with van der Waals surface area (Å²) >= 11 is 1.56. The summed E-state index contributed by atoms with van der Waals surface area (Å²) in [6, 6.07) is 0. The molecule has 0 saturated heterocycles. The van der Waals surface area contributed by atoms with Crippen LogP contribution >= 0.6 is 11.8 Å². The molecule has 0 spiro atoms. The van der Waals surface area contributed by atoms with Crippen molar-refractivity contribution < 1.29 is 4.79 Å². The van der Waals surface area contributed by atoms with Crippen molar-refractivity contribution in [3.05, 3.63) is 0 Å². The monoisotopic (exact) mass is 198 g/mol. The minimum atomic E-state index is -0.175. The zero-order valence-electron chi connectivity index (χ0n) is 7.04. The normalized spacial score (nSPS) is 20.6. The summed E-state index contributed by atoms with van der Waals surface area (Å²) in [7, 11) is 0. The van der Waals surface area contributed by atoms with E-state index in [1.54, 1.807) is 11.8 Å². The van der Waals surface area contributed by atoms with E-state index in [1.807, 2.05) is 0 Å². The Balaban J connectivity index is 1.90. The standard InChI is InChI=1S/C7H10N4OS/c12-6(5-8-1-2-9-5)11-7-10-3-4-13-7/h1-4H2,(H,8,9)(H,10,11,12). The van der Waals surface area contributed by atoms with Gasteiger partial charge in [-0.25, -0.2) is 0 Å². The fourth-order valence-corrected chi connectivity index (χ4v) is 1.84. The first-order valence-corrected chi connectivity index (χ1v) is 5.12. The molecule has 0 aliphatic carbocycles. The molecule has 2 aliphatic heterocycles. The van der Waals surface area contributed by atoms with Crippen LogP contribution in [0.15, 0.2) is 9.98 Å². The van der Waals surface area contributed by atoms with Gasteiger partial charge in [0.1, 0.15) is 0 Å². The lowest BCUT2D eigenvalue weighted by molar-refractivity contribution is -0.113. The van der Waals surface area contributed by atoms with E-state index >= 15 is 0 Å². The lowest BCUT2D eigenvalue weighted by Gasteiger charge is -2.02. The first-order valence-electron chi connectivity index (χ1n) is 4.13. The molecule has 1 amide bonds. The maximum Gasteiger partial charge on any atom is 0.292 e. The number of rotatable bonds is 1. The van der Waals surface area contributed by atoms with Crippen LogP contribution in [0.5, 0.6) is 0 Å². The van der Waals surface area contributed by atoms with Crippen molar-refractivity contribution in [1.82, 2.24) is 10.6 Å². The van der Waals surface area contributed by atoms with Crippen LogP contribution in [0.1, 0.15) is 0 Å². The Hall–Kier alpha value is -1.04. The van der Waals surface area contributed by atoms with Crippen molar-refractivity contribution >= 4 is 28.7 Å². The molecule has 0 fully saturated rings. The van der Waals surface area contributed by atoms with E-state index in [2.05, 4.69) is 20.6 Å². The van der Waals surface area contributed by atoms with Crippen LogP contribution in [0.4, 0.5) is 0 Å². The predicted molar refractivity (Wildman–Crippen MR) is 53.2 cm³/mol. The summed E-state index contributed by atoms with van der Waals surface area (Å²) in [5.41, 5.74) is 0. The topological polar surface area (TPSA) is 65.8 Å². The van der Waals surface area contributed by atoms with Crippen LogP contribution < -0.4 is 10.6 Å². The molecule has 2 heterocycles. The Morgan fingerprint density at radius 1 is 1.46 bits per heavy atom. The molecule has 2 rings (SSSR count). The van der Waals surface area contributed by atoms with Crippen molar-refractivity contribution in [2.75, 3.05) is 25.4 Å².